The number of piperidine rings is 1. The molecule has 2 nitrogen and oxygen atoms in total. The van der Waals surface area contributed by atoms with Crippen LogP contribution in [-0.2, 0) is 6.54 Å². The standard InChI is InChI=1S/C14H21BrN2S/c15-14-7-12(10-18-14)9-17-5-3-13(4-6-17)16-8-11-1-2-11/h7,10-11,13,16H,1-6,8-9H2. The van der Waals surface area contributed by atoms with Gasteiger partial charge in [-0.2, -0.15) is 0 Å². The molecule has 3 rings (SSSR count). The summed E-state index contributed by atoms with van der Waals surface area (Å²) in [6.07, 6.45) is 5.55. The van der Waals surface area contributed by atoms with Crippen LogP contribution in [0.2, 0.25) is 0 Å². The zero-order chi connectivity index (χ0) is 12.4. The van der Waals surface area contributed by atoms with Gasteiger partial charge in [0.15, 0.2) is 0 Å². The van der Waals surface area contributed by atoms with E-state index in [4.69, 9.17) is 0 Å². The highest BCUT2D eigenvalue weighted by Gasteiger charge is 2.24. The van der Waals surface area contributed by atoms with Crippen LogP contribution >= 0.6 is 27.3 Å². The van der Waals surface area contributed by atoms with Crippen molar-refractivity contribution < 1.29 is 0 Å². The highest BCUT2D eigenvalue weighted by molar-refractivity contribution is 9.11. The smallest absolute Gasteiger partial charge is 0.0701 e. The maximum absolute atomic E-state index is 3.74. The third-order valence-electron chi connectivity index (χ3n) is 4.01. The Labute approximate surface area is 122 Å². The van der Waals surface area contributed by atoms with Gasteiger partial charge in [-0.3, -0.25) is 4.90 Å². The fourth-order valence-electron chi connectivity index (χ4n) is 2.64. The highest BCUT2D eigenvalue weighted by atomic mass is 79.9. The molecule has 0 bridgehead atoms. The first-order valence-corrected chi connectivity index (χ1v) is 8.65. The third-order valence-corrected chi connectivity index (χ3v) is 5.56. The maximum Gasteiger partial charge on any atom is 0.0701 e. The number of hydrogen-bond donors (Lipinski definition) is 1. The predicted molar refractivity (Wildman–Crippen MR) is 81.0 cm³/mol. The first-order chi connectivity index (χ1) is 8.79. The van der Waals surface area contributed by atoms with Gasteiger partial charge in [0.05, 0.1) is 3.79 Å². The first-order valence-electron chi connectivity index (χ1n) is 6.98. The Morgan fingerprint density at radius 3 is 2.67 bits per heavy atom. The maximum atomic E-state index is 3.74. The predicted octanol–water partition coefficient (Wildman–Crippen LogP) is 3.47. The van der Waals surface area contributed by atoms with E-state index in [1.807, 2.05) is 0 Å². The summed E-state index contributed by atoms with van der Waals surface area (Å²) in [6.45, 7) is 4.88. The van der Waals surface area contributed by atoms with E-state index in [-0.39, 0.29) is 0 Å². The fraction of sp³-hybridized carbons (Fsp3) is 0.714. The van der Waals surface area contributed by atoms with Gasteiger partial charge < -0.3 is 5.32 Å². The first kappa shape index (κ1) is 13.1. The van der Waals surface area contributed by atoms with Gasteiger partial charge in [0.1, 0.15) is 0 Å². The molecular weight excluding hydrogens is 308 g/mol. The number of likely N-dealkylation sites (tertiary alicyclic amines) is 1. The van der Waals surface area contributed by atoms with E-state index in [1.54, 1.807) is 11.3 Å². The summed E-state index contributed by atoms with van der Waals surface area (Å²) in [7, 11) is 0. The van der Waals surface area contributed by atoms with E-state index in [1.165, 1.54) is 54.7 Å². The van der Waals surface area contributed by atoms with Crippen molar-refractivity contribution >= 4 is 27.3 Å². The molecule has 2 heterocycles. The van der Waals surface area contributed by atoms with E-state index in [0.29, 0.717) is 0 Å². The summed E-state index contributed by atoms with van der Waals surface area (Å²) in [5, 5.41) is 6.01. The Kier molecular flexibility index (Phi) is 4.39. The molecule has 100 valence electrons. The monoisotopic (exact) mass is 328 g/mol. The van der Waals surface area contributed by atoms with Crippen LogP contribution in [0.3, 0.4) is 0 Å². The summed E-state index contributed by atoms with van der Waals surface area (Å²) in [5.41, 5.74) is 1.45. The van der Waals surface area contributed by atoms with Crippen LogP contribution in [0.5, 0.6) is 0 Å². The minimum Gasteiger partial charge on any atom is -0.314 e. The number of nitrogens with zero attached hydrogens (tertiary/aromatic N) is 1. The molecule has 4 heteroatoms. The fourth-order valence-corrected chi connectivity index (χ4v) is 3.84. The SMILES string of the molecule is Brc1cc(CN2CCC(NCC3CC3)CC2)cs1. The molecule has 1 aromatic rings. The minimum atomic E-state index is 0.774. The average molecular weight is 329 g/mol. The molecule has 1 saturated heterocycles. The molecule has 1 aromatic heterocycles. The van der Waals surface area contributed by atoms with E-state index in [9.17, 15) is 0 Å². The van der Waals surface area contributed by atoms with Gasteiger partial charge in [0.2, 0.25) is 0 Å². The Hall–Kier alpha value is 0.1000. The van der Waals surface area contributed by atoms with Gasteiger partial charge in [0.25, 0.3) is 0 Å². The molecule has 0 amide bonds. The summed E-state index contributed by atoms with van der Waals surface area (Å²) in [6, 6.07) is 3.03. The van der Waals surface area contributed by atoms with Gasteiger partial charge in [-0.15, -0.1) is 11.3 Å². The quantitative estimate of drug-likeness (QED) is 0.890. The van der Waals surface area contributed by atoms with Crippen LogP contribution in [0.4, 0.5) is 0 Å². The normalized spacial score (nSPS) is 22.5. The molecule has 1 N–H and O–H groups in total. The molecule has 0 radical (unpaired) electrons. The molecule has 1 aliphatic carbocycles. The Bertz CT molecular complexity index is 381. The van der Waals surface area contributed by atoms with Crippen molar-refractivity contribution in [3.63, 3.8) is 0 Å². The second kappa shape index (κ2) is 6.04. The summed E-state index contributed by atoms with van der Waals surface area (Å²) in [5.74, 6) is 1.01. The van der Waals surface area contributed by atoms with Crippen LogP contribution in [0, 0.1) is 5.92 Å². The lowest BCUT2D eigenvalue weighted by Gasteiger charge is -2.32. The Morgan fingerprint density at radius 2 is 2.06 bits per heavy atom. The molecule has 0 aromatic carbocycles. The van der Waals surface area contributed by atoms with Crippen molar-refractivity contribution in [1.82, 2.24) is 10.2 Å². The second-order valence-electron chi connectivity index (χ2n) is 5.66. The van der Waals surface area contributed by atoms with E-state index in [0.717, 1.165) is 18.5 Å². The van der Waals surface area contributed by atoms with Crippen molar-refractivity contribution in [2.45, 2.75) is 38.3 Å². The summed E-state index contributed by atoms with van der Waals surface area (Å²) >= 11 is 5.33. The molecule has 0 atom stereocenters. The lowest BCUT2D eigenvalue weighted by atomic mass is 10.0. The minimum absolute atomic E-state index is 0.774. The third kappa shape index (κ3) is 3.80. The van der Waals surface area contributed by atoms with E-state index < -0.39 is 0 Å². The molecule has 1 saturated carbocycles. The number of nitrogens with one attached hydrogen (secondary N) is 1. The molecule has 2 aliphatic rings. The lowest BCUT2D eigenvalue weighted by molar-refractivity contribution is 0.190. The Morgan fingerprint density at radius 1 is 1.28 bits per heavy atom. The largest absolute Gasteiger partial charge is 0.314 e. The van der Waals surface area contributed by atoms with Crippen LogP contribution in [0.1, 0.15) is 31.2 Å². The van der Waals surface area contributed by atoms with Gasteiger partial charge in [-0.25, -0.2) is 0 Å². The van der Waals surface area contributed by atoms with Crippen LogP contribution in [0.15, 0.2) is 15.2 Å². The number of rotatable bonds is 5. The van der Waals surface area contributed by atoms with Crippen LogP contribution in [-0.4, -0.2) is 30.6 Å². The topological polar surface area (TPSA) is 15.3 Å². The zero-order valence-corrected chi connectivity index (χ0v) is 13.1. The van der Waals surface area contributed by atoms with E-state index >= 15 is 0 Å². The number of halogens is 1. The van der Waals surface area contributed by atoms with Gasteiger partial charge in [-0.1, -0.05) is 0 Å². The number of thiophene rings is 1. The van der Waals surface area contributed by atoms with Crippen molar-refractivity contribution in [3.8, 4) is 0 Å². The average Bonchev–Trinajstić information content (AvgIpc) is 3.12. The van der Waals surface area contributed by atoms with Gasteiger partial charge in [-0.05, 0) is 84.2 Å². The van der Waals surface area contributed by atoms with E-state index in [2.05, 4.69) is 37.6 Å². The summed E-state index contributed by atoms with van der Waals surface area (Å²) in [4.78, 5) is 2.59. The zero-order valence-electron chi connectivity index (χ0n) is 10.7. The van der Waals surface area contributed by atoms with Crippen molar-refractivity contribution in [2.24, 2.45) is 5.92 Å². The molecule has 0 spiro atoms. The molecular formula is C14H21BrN2S. The molecule has 18 heavy (non-hydrogen) atoms. The van der Waals surface area contributed by atoms with Crippen molar-refractivity contribution in [3.05, 3.63) is 20.8 Å². The Balaban J connectivity index is 1.39. The number of hydrogen-bond acceptors (Lipinski definition) is 3. The van der Waals surface area contributed by atoms with Gasteiger partial charge in [0, 0.05) is 12.6 Å². The van der Waals surface area contributed by atoms with Crippen molar-refractivity contribution in [2.75, 3.05) is 19.6 Å². The molecule has 2 fully saturated rings. The molecule has 0 unspecified atom stereocenters. The van der Waals surface area contributed by atoms with Crippen LogP contribution < -0.4 is 5.32 Å². The van der Waals surface area contributed by atoms with Gasteiger partial charge >= 0.3 is 0 Å². The molecule has 1 aliphatic heterocycles. The summed E-state index contributed by atoms with van der Waals surface area (Å²) < 4.78 is 1.25. The highest BCUT2D eigenvalue weighted by Crippen LogP contribution is 2.28. The van der Waals surface area contributed by atoms with Crippen LogP contribution in [0.25, 0.3) is 0 Å². The lowest BCUT2D eigenvalue weighted by Crippen LogP contribution is -2.42. The second-order valence-corrected chi connectivity index (χ2v) is 7.95. The van der Waals surface area contributed by atoms with Crippen molar-refractivity contribution in [1.29, 1.82) is 0 Å².